The van der Waals surface area contributed by atoms with Crippen LogP contribution in [0, 0.1) is 5.92 Å². The Kier molecular flexibility index (Phi) is 3.25. The van der Waals surface area contributed by atoms with Crippen LogP contribution < -0.4 is 4.90 Å². The molecule has 0 spiro atoms. The van der Waals surface area contributed by atoms with Crippen molar-refractivity contribution >= 4 is 24.6 Å². The quantitative estimate of drug-likeness (QED) is 0.871. The van der Waals surface area contributed by atoms with Crippen LogP contribution >= 0.6 is 12.6 Å². The van der Waals surface area contributed by atoms with Crippen molar-refractivity contribution < 1.29 is 9.21 Å². The normalized spacial score (nSPS) is 19.1. The molecular weight excluding hydrogens is 262 g/mol. The first-order valence-corrected chi connectivity index (χ1v) is 6.71. The molecule has 2 aromatic rings. The lowest BCUT2D eigenvalue weighted by atomic mass is 10.1. The molecule has 1 fully saturated rings. The van der Waals surface area contributed by atoms with Crippen molar-refractivity contribution in [1.29, 1.82) is 0 Å². The van der Waals surface area contributed by atoms with E-state index in [1.165, 1.54) is 0 Å². The van der Waals surface area contributed by atoms with E-state index >= 15 is 0 Å². The van der Waals surface area contributed by atoms with Gasteiger partial charge in [0.05, 0.1) is 0 Å². The second-order valence-electron chi connectivity index (χ2n) is 4.51. The molecule has 5 nitrogen and oxygen atoms in total. The molecule has 3 rings (SSSR count). The molecule has 6 heteroatoms. The van der Waals surface area contributed by atoms with Gasteiger partial charge in [0.15, 0.2) is 0 Å². The van der Waals surface area contributed by atoms with E-state index in [4.69, 9.17) is 4.42 Å². The molecule has 98 valence electrons. The Morgan fingerprint density at radius 3 is 2.79 bits per heavy atom. The Labute approximate surface area is 116 Å². The van der Waals surface area contributed by atoms with Crippen molar-refractivity contribution in [2.45, 2.75) is 6.42 Å². The van der Waals surface area contributed by atoms with Gasteiger partial charge < -0.3 is 4.42 Å². The lowest BCUT2D eigenvalue weighted by Crippen LogP contribution is -2.24. The summed E-state index contributed by atoms with van der Waals surface area (Å²) >= 11 is 4.23. The summed E-state index contributed by atoms with van der Waals surface area (Å²) in [5, 5.41) is 7.94. The van der Waals surface area contributed by atoms with E-state index in [1.54, 1.807) is 4.90 Å². The summed E-state index contributed by atoms with van der Waals surface area (Å²) in [6.45, 7) is 0.596. The van der Waals surface area contributed by atoms with Crippen LogP contribution in [0.25, 0.3) is 11.5 Å². The summed E-state index contributed by atoms with van der Waals surface area (Å²) in [5.41, 5.74) is 0.846. The van der Waals surface area contributed by atoms with Crippen LogP contribution in [0.4, 0.5) is 6.01 Å². The SMILES string of the molecule is O=C1CC(CS)CN1c1nnc(-c2ccccc2)o1. The topological polar surface area (TPSA) is 59.2 Å². The summed E-state index contributed by atoms with van der Waals surface area (Å²) in [6, 6.07) is 9.77. The minimum absolute atomic E-state index is 0.0160. The van der Waals surface area contributed by atoms with Crippen LogP contribution in [0.15, 0.2) is 34.7 Å². The van der Waals surface area contributed by atoms with Crippen molar-refractivity contribution in [3.05, 3.63) is 30.3 Å². The van der Waals surface area contributed by atoms with Crippen LogP contribution in [0.5, 0.6) is 0 Å². The van der Waals surface area contributed by atoms with Gasteiger partial charge in [0.2, 0.25) is 11.8 Å². The zero-order valence-corrected chi connectivity index (χ0v) is 11.1. The van der Waals surface area contributed by atoms with Crippen molar-refractivity contribution in [1.82, 2.24) is 10.2 Å². The fourth-order valence-corrected chi connectivity index (χ4v) is 2.36. The number of hydrogen-bond donors (Lipinski definition) is 1. The molecule has 2 heterocycles. The first-order valence-electron chi connectivity index (χ1n) is 6.08. The van der Waals surface area contributed by atoms with Gasteiger partial charge in [-0.3, -0.25) is 9.69 Å². The number of hydrogen-bond acceptors (Lipinski definition) is 5. The van der Waals surface area contributed by atoms with E-state index < -0.39 is 0 Å². The van der Waals surface area contributed by atoms with Gasteiger partial charge in [-0.1, -0.05) is 23.3 Å². The molecule has 0 N–H and O–H groups in total. The molecule has 1 aliphatic rings. The fourth-order valence-electron chi connectivity index (χ4n) is 2.11. The number of anilines is 1. The average molecular weight is 275 g/mol. The first kappa shape index (κ1) is 12.2. The van der Waals surface area contributed by atoms with Crippen molar-refractivity contribution in [3.8, 4) is 11.5 Å². The molecule has 1 atom stereocenters. The van der Waals surface area contributed by atoms with Crippen LogP contribution in [0.2, 0.25) is 0 Å². The minimum atomic E-state index is 0.0160. The lowest BCUT2D eigenvalue weighted by Gasteiger charge is -2.09. The third-order valence-electron chi connectivity index (χ3n) is 3.13. The predicted octanol–water partition coefficient (Wildman–Crippen LogP) is 2.02. The number of amides is 1. The van der Waals surface area contributed by atoms with E-state index in [0.717, 1.165) is 5.56 Å². The summed E-state index contributed by atoms with van der Waals surface area (Å²) in [6.07, 6.45) is 0.493. The number of aromatic nitrogens is 2. The fraction of sp³-hybridized carbons (Fsp3) is 0.308. The van der Waals surface area contributed by atoms with Gasteiger partial charge in [-0.25, -0.2) is 0 Å². The smallest absolute Gasteiger partial charge is 0.325 e. The van der Waals surface area contributed by atoms with Gasteiger partial charge in [-0.05, 0) is 23.8 Å². The molecule has 1 unspecified atom stereocenters. The highest BCUT2D eigenvalue weighted by Gasteiger charge is 2.33. The van der Waals surface area contributed by atoms with E-state index in [9.17, 15) is 4.79 Å². The second-order valence-corrected chi connectivity index (χ2v) is 4.88. The zero-order chi connectivity index (χ0) is 13.2. The van der Waals surface area contributed by atoms with Gasteiger partial charge >= 0.3 is 6.01 Å². The maximum Gasteiger partial charge on any atom is 0.325 e. The van der Waals surface area contributed by atoms with E-state index in [-0.39, 0.29) is 17.8 Å². The third kappa shape index (κ3) is 2.35. The van der Waals surface area contributed by atoms with Crippen molar-refractivity contribution in [2.24, 2.45) is 5.92 Å². The maximum atomic E-state index is 11.9. The Bertz CT molecular complexity index is 585. The van der Waals surface area contributed by atoms with Crippen LogP contribution in [-0.2, 0) is 4.79 Å². The van der Waals surface area contributed by atoms with Gasteiger partial charge in [0.25, 0.3) is 0 Å². The third-order valence-corrected chi connectivity index (χ3v) is 3.65. The molecule has 0 saturated carbocycles. The summed E-state index contributed by atoms with van der Waals surface area (Å²) in [4.78, 5) is 13.4. The number of carbonyl (C=O) groups is 1. The van der Waals surface area contributed by atoms with Gasteiger partial charge in [-0.15, -0.1) is 5.10 Å². The summed E-state index contributed by atoms with van der Waals surface area (Å²) < 4.78 is 5.57. The second kappa shape index (κ2) is 5.05. The summed E-state index contributed by atoms with van der Waals surface area (Å²) in [5.74, 6) is 1.38. The highest BCUT2D eigenvalue weighted by Crippen LogP contribution is 2.27. The van der Waals surface area contributed by atoms with Gasteiger partial charge in [-0.2, -0.15) is 12.6 Å². The molecule has 19 heavy (non-hydrogen) atoms. The predicted molar refractivity (Wildman–Crippen MR) is 74.0 cm³/mol. The average Bonchev–Trinajstić information content (AvgIpc) is 3.06. The standard InChI is InChI=1S/C13H13N3O2S/c17-11-6-9(8-19)7-16(11)13-15-14-12(18-13)10-4-2-1-3-5-10/h1-5,9,19H,6-8H2. The molecule has 1 aliphatic heterocycles. The molecule has 1 amide bonds. The maximum absolute atomic E-state index is 11.9. The van der Waals surface area contributed by atoms with Gasteiger partial charge in [0, 0.05) is 18.5 Å². The number of carbonyl (C=O) groups excluding carboxylic acids is 1. The van der Waals surface area contributed by atoms with Crippen molar-refractivity contribution in [3.63, 3.8) is 0 Å². The number of benzene rings is 1. The Morgan fingerprint density at radius 1 is 1.32 bits per heavy atom. The minimum Gasteiger partial charge on any atom is -0.403 e. The van der Waals surface area contributed by atoms with E-state index in [1.807, 2.05) is 30.3 Å². The largest absolute Gasteiger partial charge is 0.403 e. The molecule has 0 bridgehead atoms. The number of thiol groups is 1. The van der Waals surface area contributed by atoms with Crippen LogP contribution in [0.3, 0.4) is 0 Å². The summed E-state index contributed by atoms with van der Waals surface area (Å²) in [7, 11) is 0. The van der Waals surface area contributed by atoms with Crippen LogP contribution in [-0.4, -0.2) is 28.4 Å². The number of rotatable bonds is 3. The molecule has 1 saturated heterocycles. The molecule has 1 aromatic carbocycles. The van der Waals surface area contributed by atoms with E-state index in [0.29, 0.717) is 24.6 Å². The Balaban J connectivity index is 1.84. The number of nitrogens with zero attached hydrogens (tertiary/aromatic N) is 3. The van der Waals surface area contributed by atoms with Crippen molar-refractivity contribution in [2.75, 3.05) is 17.2 Å². The Hall–Kier alpha value is -1.82. The van der Waals surface area contributed by atoms with Crippen LogP contribution in [0.1, 0.15) is 6.42 Å². The highest BCUT2D eigenvalue weighted by molar-refractivity contribution is 7.80. The monoisotopic (exact) mass is 275 g/mol. The Morgan fingerprint density at radius 2 is 2.11 bits per heavy atom. The highest BCUT2D eigenvalue weighted by atomic mass is 32.1. The lowest BCUT2D eigenvalue weighted by molar-refractivity contribution is -0.117. The van der Waals surface area contributed by atoms with Gasteiger partial charge in [0.1, 0.15) is 0 Å². The zero-order valence-electron chi connectivity index (χ0n) is 10.2. The molecule has 0 aliphatic carbocycles. The molecular formula is C13H13N3O2S. The first-order chi connectivity index (χ1) is 9.28. The molecule has 1 aromatic heterocycles. The molecule has 0 radical (unpaired) electrons. The van der Waals surface area contributed by atoms with E-state index in [2.05, 4.69) is 22.8 Å².